The van der Waals surface area contributed by atoms with Gasteiger partial charge in [0.2, 0.25) is 11.9 Å². The van der Waals surface area contributed by atoms with Gasteiger partial charge >= 0.3 is 0 Å². The van der Waals surface area contributed by atoms with Gasteiger partial charge in [0, 0.05) is 11.4 Å². The van der Waals surface area contributed by atoms with Crippen LogP contribution >= 0.6 is 0 Å². The normalized spacial score (nSPS) is 15.7. The average molecular weight is 366 g/mol. The predicted octanol–water partition coefficient (Wildman–Crippen LogP) is 2.55. The number of nitrogens with zero attached hydrogens (tertiary/aromatic N) is 1. The minimum atomic E-state index is -0.749. The third-order valence-electron chi connectivity index (χ3n) is 4.21. The van der Waals surface area contributed by atoms with E-state index in [-0.39, 0.29) is 18.2 Å². The van der Waals surface area contributed by atoms with E-state index in [1.54, 1.807) is 31.4 Å². The van der Waals surface area contributed by atoms with E-state index >= 15 is 0 Å². The van der Waals surface area contributed by atoms with Crippen LogP contribution in [0.25, 0.3) is 0 Å². The zero-order valence-corrected chi connectivity index (χ0v) is 15.3. The number of ether oxygens (including phenoxy) is 1. The van der Waals surface area contributed by atoms with Gasteiger partial charge in [-0.25, -0.2) is 4.99 Å². The first-order chi connectivity index (χ1) is 13.1. The number of aliphatic imine (C=N–C) groups is 1. The standard InChI is InChI=1S/C20H22N4O3/c1-3-13-4-6-15(7-5-13)22-20-23-17(19(26)24-20)12-18(25)21-14-8-10-16(27-2)11-9-14/h4-11,17H,3,12H2,1-2H3,(H,21,25)(H2,22,23,24,26)/t17-/m0/s1. The lowest BCUT2D eigenvalue weighted by Gasteiger charge is -2.07. The minimum Gasteiger partial charge on any atom is -0.497 e. The van der Waals surface area contributed by atoms with Gasteiger partial charge in [-0.2, -0.15) is 0 Å². The van der Waals surface area contributed by atoms with E-state index in [1.165, 1.54) is 5.56 Å². The van der Waals surface area contributed by atoms with Crippen LogP contribution in [0.2, 0.25) is 0 Å². The van der Waals surface area contributed by atoms with Crippen molar-refractivity contribution in [3.05, 3.63) is 54.1 Å². The fourth-order valence-corrected chi connectivity index (χ4v) is 2.67. The number of aryl methyl sites for hydroxylation is 1. The Kier molecular flexibility index (Phi) is 5.71. The smallest absolute Gasteiger partial charge is 0.252 e. The molecule has 0 saturated heterocycles. The second kappa shape index (κ2) is 8.35. The molecule has 2 aromatic carbocycles. The predicted molar refractivity (Wildman–Crippen MR) is 105 cm³/mol. The molecular weight excluding hydrogens is 344 g/mol. The van der Waals surface area contributed by atoms with Crippen molar-refractivity contribution in [3.63, 3.8) is 0 Å². The molecule has 27 heavy (non-hydrogen) atoms. The second-order valence-electron chi connectivity index (χ2n) is 6.14. The first kappa shape index (κ1) is 18.4. The second-order valence-corrected chi connectivity index (χ2v) is 6.14. The molecule has 0 saturated carbocycles. The van der Waals surface area contributed by atoms with Crippen molar-refractivity contribution >= 4 is 29.1 Å². The summed E-state index contributed by atoms with van der Waals surface area (Å²) in [5.74, 6) is 0.479. The number of carbonyl (C=O) groups excluding carboxylic acids is 2. The Hall–Kier alpha value is -3.35. The number of carbonyl (C=O) groups is 2. The van der Waals surface area contributed by atoms with Gasteiger partial charge in [-0.3, -0.25) is 14.9 Å². The molecule has 1 aliphatic heterocycles. The zero-order valence-electron chi connectivity index (χ0n) is 15.3. The lowest BCUT2D eigenvalue weighted by atomic mass is 10.1. The van der Waals surface area contributed by atoms with Gasteiger partial charge < -0.3 is 15.4 Å². The van der Waals surface area contributed by atoms with Crippen molar-refractivity contribution in [2.75, 3.05) is 17.7 Å². The molecule has 3 N–H and O–H groups in total. The molecule has 7 heteroatoms. The lowest BCUT2D eigenvalue weighted by molar-refractivity contribution is -0.123. The van der Waals surface area contributed by atoms with Gasteiger partial charge in [0.05, 0.1) is 13.5 Å². The molecule has 0 spiro atoms. The Morgan fingerprint density at radius 3 is 2.41 bits per heavy atom. The van der Waals surface area contributed by atoms with Crippen molar-refractivity contribution in [2.45, 2.75) is 25.8 Å². The van der Waals surface area contributed by atoms with Gasteiger partial charge in [-0.1, -0.05) is 19.1 Å². The Morgan fingerprint density at radius 2 is 1.78 bits per heavy atom. The van der Waals surface area contributed by atoms with Crippen LogP contribution in [0.15, 0.2) is 53.5 Å². The van der Waals surface area contributed by atoms with E-state index in [2.05, 4.69) is 27.9 Å². The summed E-state index contributed by atoms with van der Waals surface area (Å²) in [6.45, 7) is 2.09. The Bertz CT molecular complexity index is 845. The fourth-order valence-electron chi connectivity index (χ4n) is 2.67. The summed E-state index contributed by atoms with van der Waals surface area (Å²) in [4.78, 5) is 28.6. The molecular formula is C20H22N4O3. The van der Waals surface area contributed by atoms with Gasteiger partial charge in [-0.05, 0) is 48.4 Å². The van der Waals surface area contributed by atoms with Crippen LogP contribution in [0, 0.1) is 0 Å². The van der Waals surface area contributed by atoms with Crippen LogP contribution in [0.1, 0.15) is 18.9 Å². The van der Waals surface area contributed by atoms with Crippen molar-refractivity contribution in [1.82, 2.24) is 5.32 Å². The summed E-state index contributed by atoms with van der Waals surface area (Å²) >= 11 is 0. The van der Waals surface area contributed by atoms with E-state index < -0.39 is 6.04 Å². The Labute approximate surface area is 157 Å². The van der Waals surface area contributed by atoms with E-state index in [0.29, 0.717) is 17.4 Å². The summed E-state index contributed by atoms with van der Waals surface area (Å²) in [5.41, 5.74) is 2.69. The number of hydrogen-bond acceptors (Lipinski definition) is 5. The fraction of sp³-hybridized carbons (Fsp3) is 0.250. The molecule has 2 amide bonds. The summed E-state index contributed by atoms with van der Waals surface area (Å²) in [5, 5.41) is 8.48. The first-order valence-electron chi connectivity index (χ1n) is 8.76. The van der Waals surface area contributed by atoms with Gasteiger partial charge in [0.15, 0.2) is 0 Å². The van der Waals surface area contributed by atoms with E-state index in [1.807, 2.05) is 24.3 Å². The highest BCUT2D eigenvalue weighted by Crippen LogP contribution is 2.16. The number of hydrogen-bond donors (Lipinski definition) is 3. The molecule has 1 aliphatic rings. The maximum Gasteiger partial charge on any atom is 0.252 e. The molecule has 2 aromatic rings. The average Bonchev–Trinajstić information content (AvgIpc) is 3.01. The molecule has 0 unspecified atom stereocenters. The monoisotopic (exact) mass is 366 g/mol. The highest BCUT2D eigenvalue weighted by atomic mass is 16.5. The molecule has 140 valence electrons. The number of amides is 2. The number of nitrogens with one attached hydrogen (secondary N) is 3. The van der Waals surface area contributed by atoms with E-state index in [0.717, 1.165) is 12.1 Å². The highest BCUT2D eigenvalue weighted by molar-refractivity contribution is 6.11. The third-order valence-corrected chi connectivity index (χ3v) is 4.21. The molecule has 0 radical (unpaired) electrons. The molecule has 7 nitrogen and oxygen atoms in total. The third kappa shape index (κ3) is 4.84. The molecule has 0 fully saturated rings. The van der Waals surface area contributed by atoms with Crippen LogP contribution in [0.5, 0.6) is 5.75 Å². The van der Waals surface area contributed by atoms with Crippen LogP contribution in [0.4, 0.5) is 11.4 Å². The number of benzene rings is 2. The first-order valence-corrected chi connectivity index (χ1v) is 8.76. The number of rotatable bonds is 6. The van der Waals surface area contributed by atoms with Crippen LogP contribution < -0.4 is 20.7 Å². The molecule has 1 atom stereocenters. The van der Waals surface area contributed by atoms with Gasteiger partial charge in [0.25, 0.3) is 5.91 Å². The Balaban J connectivity index is 1.57. The topological polar surface area (TPSA) is 91.8 Å². The number of guanidine groups is 1. The van der Waals surface area contributed by atoms with Crippen molar-refractivity contribution < 1.29 is 14.3 Å². The summed E-state index contributed by atoms with van der Waals surface area (Å²) in [7, 11) is 1.58. The zero-order chi connectivity index (χ0) is 19.2. The minimum absolute atomic E-state index is 0.0299. The van der Waals surface area contributed by atoms with Crippen LogP contribution in [0.3, 0.4) is 0 Å². The van der Waals surface area contributed by atoms with Crippen molar-refractivity contribution in [3.8, 4) is 5.75 Å². The number of methoxy groups -OCH3 is 1. The molecule has 0 aromatic heterocycles. The van der Waals surface area contributed by atoms with Gasteiger partial charge in [-0.15, -0.1) is 0 Å². The summed E-state index contributed by atoms with van der Waals surface area (Å²) in [6, 6.07) is 14.1. The molecule has 0 aliphatic carbocycles. The van der Waals surface area contributed by atoms with E-state index in [9.17, 15) is 9.59 Å². The lowest BCUT2D eigenvalue weighted by Crippen LogP contribution is -2.33. The quantitative estimate of drug-likeness (QED) is 0.733. The van der Waals surface area contributed by atoms with Crippen LogP contribution in [-0.2, 0) is 16.0 Å². The molecule has 1 heterocycles. The highest BCUT2D eigenvalue weighted by Gasteiger charge is 2.28. The maximum atomic E-state index is 12.2. The van der Waals surface area contributed by atoms with Crippen molar-refractivity contribution in [1.29, 1.82) is 0 Å². The van der Waals surface area contributed by atoms with Crippen molar-refractivity contribution in [2.24, 2.45) is 4.99 Å². The molecule has 3 rings (SSSR count). The number of anilines is 2. The Morgan fingerprint density at radius 1 is 1.11 bits per heavy atom. The molecule has 0 bridgehead atoms. The van der Waals surface area contributed by atoms with Crippen LogP contribution in [-0.4, -0.2) is 30.9 Å². The maximum absolute atomic E-state index is 12.2. The largest absolute Gasteiger partial charge is 0.497 e. The summed E-state index contributed by atoms with van der Waals surface area (Å²) in [6.07, 6.45) is 0.932. The SMILES string of the molecule is CCc1ccc(NC2=N[C@@H](CC(=O)Nc3ccc(OC)cc3)C(=O)N2)cc1. The van der Waals surface area contributed by atoms with Gasteiger partial charge in [0.1, 0.15) is 11.8 Å². The summed E-state index contributed by atoms with van der Waals surface area (Å²) < 4.78 is 5.08. The van der Waals surface area contributed by atoms with E-state index in [4.69, 9.17) is 4.74 Å².